The van der Waals surface area contributed by atoms with Gasteiger partial charge in [-0.3, -0.25) is 15.0 Å². The minimum atomic E-state index is -0.231. The van der Waals surface area contributed by atoms with E-state index < -0.39 is 0 Å². The summed E-state index contributed by atoms with van der Waals surface area (Å²) in [5.41, 5.74) is 1.29. The van der Waals surface area contributed by atoms with Crippen LogP contribution in [0.3, 0.4) is 0 Å². The Hall–Kier alpha value is -1.88. The summed E-state index contributed by atoms with van der Waals surface area (Å²) in [5, 5.41) is 2.65. The molecule has 1 aromatic rings. The second-order valence-corrected chi connectivity index (χ2v) is 8.00. The van der Waals surface area contributed by atoms with E-state index in [1.807, 2.05) is 6.07 Å². The molecule has 0 spiro atoms. The largest absolute Gasteiger partial charge is 0.324 e. The molecule has 0 saturated carbocycles. The Balaban J connectivity index is 1.77. The maximum atomic E-state index is 12.5. The molecule has 0 bridgehead atoms. The quantitative estimate of drug-likeness (QED) is 0.752. The standard InChI is InChI=1S/C22H35N3O2/c1-4-8-20(12-11-18(2)3)21(26)23-22(27)25-15-13-24(14-16-25)17-19-9-6-5-7-10-19/h5-7,9-10,18,20H,4,8,11-17H2,1-3H3,(H,23,26,27)/t20-/m0/s1. The number of urea groups is 1. The van der Waals surface area contributed by atoms with Crippen LogP contribution in [0.4, 0.5) is 4.79 Å². The minimum absolute atomic E-state index is 0.0549. The lowest BCUT2D eigenvalue weighted by molar-refractivity contribution is -0.124. The average molecular weight is 374 g/mol. The number of nitrogens with zero attached hydrogens (tertiary/aromatic N) is 2. The van der Waals surface area contributed by atoms with Crippen molar-refractivity contribution in [2.45, 2.75) is 53.0 Å². The number of hydrogen-bond acceptors (Lipinski definition) is 3. The fraction of sp³-hybridized carbons (Fsp3) is 0.636. The molecule has 0 aliphatic carbocycles. The van der Waals surface area contributed by atoms with E-state index in [1.54, 1.807) is 4.90 Å². The lowest BCUT2D eigenvalue weighted by atomic mass is 9.93. The molecule has 0 unspecified atom stereocenters. The first kappa shape index (κ1) is 21.4. The van der Waals surface area contributed by atoms with Crippen molar-refractivity contribution in [3.05, 3.63) is 35.9 Å². The van der Waals surface area contributed by atoms with Crippen LogP contribution in [0.5, 0.6) is 0 Å². The molecular formula is C22H35N3O2. The number of hydrogen-bond donors (Lipinski definition) is 1. The normalized spacial score (nSPS) is 16.4. The molecule has 3 amide bonds. The van der Waals surface area contributed by atoms with Crippen LogP contribution >= 0.6 is 0 Å². The maximum absolute atomic E-state index is 12.5. The first-order valence-corrected chi connectivity index (χ1v) is 10.4. The fourth-order valence-corrected chi connectivity index (χ4v) is 3.53. The van der Waals surface area contributed by atoms with Gasteiger partial charge in [-0.25, -0.2) is 4.79 Å². The molecule has 1 heterocycles. The van der Waals surface area contributed by atoms with Crippen LogP contribution in [0.2, 0.25) is 0 Å². The van der Waals surface area contributed by atoms with Crippen molar-refractivity contribution in [2.75, 3.05) is 26.2 Å². The summed E-state index contributed by atoms with van der Waals surface area (Å²) in [6.45, 7) is 10.3. The third-order valence-corrected chi connectivity index (χ3v) is 5.24. The predicted molar refractivity (Wildman–Crippen MR) is 109 cm³/mol. The van der Waals surface area contributed by atoms with Crippen molar-refractivity contribution >= 4 is 11.9 Å². The zero-order valence-corrected chi connectivity index (χ0v) is 17.1. The molecule has 0 radical (unpaired) electrons. The second-order valence-electron chi connectivity index (χ2n) is 8.00. The van der Waals surface area contributed by atoms with Gasteiger partial charge in [0.15, 0.2) is 0 Å². The first-order valence-electron chi connectivity index (χ1n) is 10.4. The van der Waals surface area contributed by atoms with E-state index in [1.165, 1.54) is 5.56 Å². The number of piperazine rings is 1. The van der Waals surface area contributed by atoms with Gasteiger partial charge in [0.05, 0.1) is 0 Å². The van der Waals surface area contributed by atoms with Crippen LogP contribution in [0.25, 0.3) is 0 Å². The van der Waals surface area contributed by atoms with Crippen molar-refractivity contribution in [1.82, 2.24) is 15.1 Å². The van der Waals surface area contributed by atoms with E-state index in [-0.39, 0.29) is 17.9 Å². The molecule has 1 N–H and O–H groups in total. The molecule has 1 fully saturated rings. The molecule has 0 aromatic heterocycles. The smallest absolute Gasteiger partial charge is 0.322 e. The van der Waals surface area contributed by atoms with Gasteiger partial charge in [-0.2, -0.15) is 0 Å². The zero-order chi connectivity index (χ0) is 19.6. The highest BCUT2D eigenvalue weighted by atomic mass is 16.2. The summed E-state index contributed by atoms with van der Waals surface area (Å²) in [6, 6.07) is 10.2. The Morgan fingerprint density at radius 1 is 1.00 bits per heavy atom. The third-order valence-electron chi connectivity index (χ3n) is 5.24. The van der Waals surface area contributed by atoms with Gasteiger partial charge in [0.1, 0.15) is 0 Å². The highest BCUT2D eigenvalue weighted by Crippen LogP contribution is 2.18. The molecule has 1 saturated heterocycles. The fourth-order valence-electron chi connectivity index (χ4n) is 3.53. The summed E-state index contributed by atoms with van der Waals surface area (Å²) in [4.78, 5) is 29.2. The molecule has 2 rings (SSSR count). The molecule has 27 heavy (non-hydrogen) atoms. The number of benzene rings is 1. The lowest BCUT2D eigenvalue weighted by Gasteiger charge is -2.34. The maximum Gasteiger partial charge on any atom is 0.324 e. The number of carbonyl (C=O) groups excluding carboxylic acids is 2. The summed E-state index contributed by atoms with van der Waals surface area (Å²) < 4.78 is 0. The average Bonchev–Trinajstić information content (AvgIpc) is 2.66. The van der Waals surface area contributed by atoms with E-state index in [9.17, 15) is 9.59 Å². The Morgan fingerprint density at radius 3 is 2.26 bits per heavy atom. The summed E-state index contributed by atoms with van der Waals surface area (Å²) in [5.74, 6) is 0.417. The number of amides is 3. The summed E-state index contributed by atoms with van der Waals surface area (Å²) >= 11 is 0. The third kappa shape index (κ3) is 7.33. The van der Waals surface area contributed by atoms with Crippen LogP contribution in [-0.4, -0.2) is 47.9 Å². The Kier molecular flexibility index (Phi) is 8.79. The number of imide groups is 1. The van der Waals surface area contributed by atoms with Gasteiger partial charge in [0.2, 0.25) is 5.91 Å². The van der Waals surface area contributed by atoms with Crippen LogP contribution in [0.15, 0.2) is 30.3 Å². The van der Waals surface area contributed by atoms with Crippen molar-refractivity contribution in [1.29, 1.82) is 0 Å². The van der Waals surface area contributed by atoms with Crippen molar-refractivity contribution in [3.8, 4) is 0 Å². The van der Waals surface area contributed by atoms with Gasteiger partial charge >= 0.3 is 6.03 Å². The highest BCUT2D eigenvalue weighted by Gasteiger charge is 2.25. The van der Waals surface area contributed by atoms with E-state index in [0.29, 0.717) is 19.0 Å². The van der Waals surface area contributed by atoms with Gasteiger partial charge in [-0.15, -0.1) is 0 Å². The molecular weight excluding hydrogens is 338 g/mol. The van der Waals surface area contributed by atoms with Crippen LogP contribution in [0, 0.1) is 11.8 Å². The van der Waals surface area contributed by atoms with Gasteiger partial charge in [-0.05, 0) is 24.3 Å². The monoisotopic (exact) mass is 373 g/mol. The number of rotatable bonds is 8. The molecule has 5 heteroatoms. The molecule has 1 aromatic carbocycles. The van der Waals surface area contributed by atoms with Crippen molar-refractivity contribution in [3.63, 3.8) is 0 Å². The number of nitrogens with one attached hydrogen (secondary N) is 1. The Labute approximate surface area is 164 Å². The number of carbonyl (C=O) groups is 2. The second kappa shape index (κ2) is 11.1. The van der Waals surface area contributed by atoms with Gasteiger partial charge in [0, 0.05) is 38.6 Å². The minimum Gasteiger partial charge on any atom is -0.322 e. The topological polar surface area (TPSA) is 52.7 Å². The SMILES string of the molecule is CCC[C@@H](CCC(C)C)C(=O)NC(=O)N1CCN(Cc2ccccc2)CC1. The van der Waals surface area contributed by atoms with Crippen LogP contribution in [-0.2, 0) is 11.3 Å². The summed E-state index contributed by atoms with van der Waals surface area (Å²) in [7, 11) is 0. The van der Waals surface area contributed by atoms with Crippen molar-refractivity contribution in [2.24, 2.45) is 11.8 Å². The lowest BCUT2D eigenvalue weighted by Crippen LogP contribution is -2.53. The molecule has 5 nitrogen and oxygen atoms in total. The summed E-state index contributed by atoms with van der Waals surface area (Å²) in [6.07, 6.45) is 3.68. The van der Waals surface area contributed by atoms with E-state index in [2.05, 4.69) is 55.3 Å². The molecule has 150 valence electrons. The van der Waals surface area contributed by atoms with E-state index >= 15 is 0 Å². The molecule has 1 aliphatic rings. The van der Waals surface area contributed by atoms with Crippen LogP contribution < -0.4 is 5.32 Å². The van der Waals surface area contributed by atoms with Gasteiger partial charge in [-0.1, -0.05) is 63.9 Å². The van der Waals surface area contributed by atoms with Gasteiger partial charge < -0.3 is 4.90 Å². The van der Waals surface area contributed by atoms with E-state index in [0.717, 1.165) is 45.3 Å². The zero-order valence-electron chi connectivity index (χ0n) is 17.1. The highest BCUT2D eigenvalue weighted by molar-refractivity contribution is 5.95. The van der Waals surface area contributed by atoms with Crippen molar-refractivity contribution < 1.29 is 9.59 Å². The predicted octanol–water partition coefficient (Wildman–Crippen LogP) is 3.89. The first-order chi connectivity index (χ1) is 13.0. The molecule has 1 aliphatic heterocycles. The molecule has 1 atom stereocenters. The van der Waals surface area contributed by atoms with Gasteiger partial charge in [0.25, 0.3) is 0 Å². The Morgan fingerprint density at radius 2 is 1.67 bits per heavy atom. The van der Waals surface area contributed by atoms with E-state index in [4.69, 9.17) is 0 Å². The Bertz CT molecular complexity index is 580. The van der Waals surface area contributed by atoms with Crippen LogP contribution in [0.1, 0.15) is 52.0 Å².